The third-order valence-corrected chi connectivity index (χ3v) is 4.46. The summed E-state index contributed by atoms with van der Waals surface area (Å²) in [5.41, 5.74) is 2.02. The van der Waals surface area contributed by atoms with Gasteiger partial charge < -0.3 is 19.5 Å². The molecule has 26 heavy (non-hydrogen) atoms. The second-order valence-corrected chi connectivity index (χ2v) is 6.35. The molecule has 1 saturated heterocycles. The Morgan fingerprint density at radius 2 is 1.81 bits per heavy atom. The van der Waals surface area contributed by atoms with Crippen molar-refractivity contribution < 1.29 is 27.8 Å². The van der Waals surface area contributed by atoms with Crippen LogP contribution in [-0.2, 0) is 4.74 Å². The first-order valence-electron chi connectivity index (χ1n) is 8.36. The van der Waals surface area contributed by atoms with Crippen LogP contribution in [0.3, 0.4) is 0 Å². The summed E-state index contributed by atoms with van der Waals surface area (Å²) in [5, 5.41) is 2.90. The Hall–Kier alpha value is -2.67. The van der Waals surface area contributed by atoms with Crippen molar-refractivity contribution in [1.82, 2.24) is 5.32 Å². The Morgan fingerprint density at radius 1 is 1.08 bits per heavy atom. The summed E-state index contributed by atoms with van der Waals surface area (Å²) >= 11 is 0. The second-order valence-electron chi connectivity index (χ2n) is 6.35. The molecule has 5 nitrogen and oxygen atoms in total. The highest BCUT2D eigenvalue weighted by atomic mass is 19.3. The lowest BCUT2D eigenvalue weighted by molar-refractivity contribution is -0.286. The monoisotopic (exact) mass is 361 g/mol. The summed E-state index contributed by atoms with van der Waals surface area (Å²) in [7, 11) is 0. The zero-order valence-corrected chi connectivity index (χ0v) is 13.8. The van der Waals surface area contributed by atoms with Crippen LogP contribution < -0.4 is 14.8 Å². The van der Waals surface area contributed by atoms with Gasteiger partial charge in [0, 0.05) is 24.6 Å². The van der Waals surface area contributed by atoms with Crippen molar-refractivity contribution in [2.24, 2.45) is 5.92 Å². The second kappa shape index (κ2) is 6.57. The molecule has 1 amide bonds. The number of ether oxygens (including phenoxy) is 3. The smallest absolute Gasteiger partial charge is 0.395 e. The highest BCUT2D eigenvalue weighted by Gasteiger charge is 2.43. The van der Waals surface area contributed by atoms with Gasteiger partial charge in [0.15, 0.2) is 11.5 Å². The number of carbonyl (C=O) groups is 1. The van der Waals surface area contributed by atoms with Crippen molar-refractivity contribution in [3.8, 4) is 22.6 Å². The fraction of sp³-hybridized carbons (Fsp3) is 0.316. The topological polar surface area (TPSA) is 56.8 Å². The average molecular weight is 361 g/mol. The maximum atomic E-state index is 13.1. The van der Waals surface area contributed by atoms with E-state index in [1.807, 2.05) is 0 Å². The van der Waals surface area contributed by atoms with Crippen LogP contribution in [-0.4, -0.2) is 32.0 Å². The van der Waals surface area contributed by atoms with Crippen LogP contribution in [0, 0.1) is 5.92 Å². The molecule has 2 aromatic rings. The largest absolute Gasteiger partial charge is 0.586 e. The first-order chi connectivity index (χ1) is 12.5. The van der Waals surface area contributed by atoms with E-state index in [0.717, 1.165) is 18.6 Å². The van der Waals surface area contributed by atoms with Gasteiger partial charge in [-0.3, -0.25) is 4.79 Å². The van der Waals surface area contributed by atoms with E-state index >= 15 is 0 Å². The number of amides is 1. The molecule has 1 N–H and O–H groups in total. The third-order valence-electron chi connectivity index (χ3n) is 4.46. The number of rotatable bonds is 4. The molecule has 1 atom stereocenters. The molecule has 0 spiro atoms. The van der Waals surface area contributed by atoms with Crippen LogP contribution in [0.4, 0.5) is 8.78 Å². The summed E-state index contributed by atoms with van der Waals surface area (Å²) in [6.45, 7) is 2.02. The third kappa shape index (κ3) is 3.48. The lowest BCUT2D eigenvalue weighted by Crippen LogP contribution is -2.29. The molecule has 0 radical (unpaired) electrons. The summed E-state index contributed by atoms with van der Waals surface area (Å²) in [6, 6.07) is 11.5. The van der Waals surface area contributed by atoms with Crippen LogP contribution >= 0.6 is 0 Å². The maximum Gasteiger partial charge on any atom is 0.586 e. The Morgan fingerprint density at radius 3 is 2.54 bits per heavy atom. The number of carbonyl (C=O) groups excluding carboxylic acids is 1. The van der Waals surface area contributed by atoms with E-state index in [0.29, 0.717) is 30.2 Å². The molecule has 0 bridgehead atoms. The summed E-state index contributed by atoms with van der Waals surface area (Å²) in [5.74, 6) is 0.220. The molecule has 7 heteroatoms. The van der Waals surface area contributed by atoms with Gasteiger partial charge in [-0.15, -0.1) is 8.78 Å². The molecule has 2 aliphatic heterocycles. The van der Waals surface area contributed by atoms with Crippen LogP contribution in [0.1, 0.15) is 16.8 Å². The predicted octanol–water partition coefficient (Wildman–Crippen LogP) is 3.44. The molecule has 2 aliphatic rings. The standard InChI is InChI=1S/C19H17F2NO4/c20-19(21)25-16-6-5-15(9-17(16)26-19)13-1-3-14(4-2-13)18(23)22-10-12-7-8-24-11-12/h1-6,9,12H,7-8,10-11H2,(H,22,23)/t12-/m1/s1. The number of nitrogens with one attached hydrogen (secondary N) is 1. The maximum absolute atomic E-state index is 13.1. The van der Waals surface area contributed by atoms with Gasteiger partial charge in [-0.05, 0) is 41.8 Å². The average Bonchev–Trinajstić information content (AvgIpc) is 3.24. The van der Waals surface area contributed by atoms with E-state index < -0.39 is 6.29 Å². The molecule has 1 fully saturated rings. The first-order valence-corrected chi connectivity index (χ1v) is 8.36. The van der Waals surface area contributed by atoms with Crippen molar-refractivity contribution in [3.05, 3.63) is 48.0 Å². The zero-order valence-electron chi connectivity index (χ0n) is 13.8. The van der Waals surface area contributed by atoms with Crippen molar-refractivity contribution in [2.75, 3.05) is 19.8 Å². The van der Waals surface area contributed by atoms with Crippen LogP contribution in [0.15, 0.2) is 42.5 Å². The van der Waals surface area contributed by atoms with Gasteiger partial charge in [-0.1, -0.05) is 18.2 Å². The molecule has 0 unspecified atom stereocenters. The quantitative estimate of drug-likeness (QED) is 0.906. The highest BCUT2D eigenvalue weighted by Crippen LogP contribution is 2.42. The number of hydrogen-bond acceptors (Lipinski definition) is 4. The van der Waals surface area contributed by atoms with Crippen molar-refractivity contribution >= 4 is 5.91 Å². The van der Waals surface area contributed by atoms with Crippen LogP contribution in [0.5, 0.6) is 11.5 Å². The molecule has 0 aliphatic carbocycles. The SMILES string of the molecule is O=C(NC[C@H]1CCOC1)c1ccc(-c2ccc3c(c2)OC(F)(F)O3)cc1. The molecule has 0 saturated carbocycles. The summed E-state index contributed by atoms with van der Waals surface area (Å²) < 4.78 is 40.3. The number of hydrogen-bond donors (Lipinski definition) is 1. The Bertz CT molecular complexity index is 817. The van der Waals surface area contributed by atoms with Gasteiger partial charge in [0.05, 0.1) is 6.61 Å². The summed E-state index contributed by atoms with van der Waals surface area (Å²) in [4.78, 5) is 12.2. The van der Waals surface area contributed by atoms with Gasteiger partial charge in [-0.2, -0.15) is 0 Å². The van der Waals surface area contributed by atoms with Crippen molar-refractivity contribution in [3.63, 3.8) is 0 Å². The minimum Gasteiger partial charge on any atom is -0.395 e. The molecule has 136 valence electrons. The number of alkyl halides is 2. The van der Waals surface area contributed by atoms with E-state index in [9.17, 15) is 13.6 Å². The minimum absolute atomic E-state index is 0.00522. The fourth-order valence-electron chi connectivity index (χ4n) is 3.03. The Kier molecular flexibility index (Phi) is 4.24. The molecular weight excluding hydrogens is 344 g/mol. The first kappa shape index (κ1) is 16.8. The summed E-state index contributed by atoms with van der Waals surface area (Å²) in [6.07, 6.45) is -2.67. The van der Waals surface area contributed by atoms with Gasteiger partial charge >= 0.3 is 6.29 Å². The van der Waals surface area contributed by atoms with E-state index in [-0.39, 0.29) is 17.4 Å². The predicted molar refractivity (Wildman–Crippen MR) is 89.3 cm³/mol. The van der Waals surface area contributed by atoms with E-state index in [4.69, 9.17) is 4.74 Å². The lowest BCUT2D eigenvalue weighted by atomic mass is 10.0. The molecule has 2 heterocycles. The molecule has 4 rings (SSSR count). The van der Waals surface area contributed by atoms with Crippen molar-refractivity contribution in [2.45, 2.75) is 12.7 Å². The normalized spacial score (nSPS) is 20.2. The van der Waals surface area contributed by atoms with Gasteiger partial charge in [0.1, 0.15) is 0 Å². The van der Waals surface area contributed by atoms with Gasteiger partial charge in [-0.25, -0.2) is 0 Å². The number of benzene rings is 2. The highest BCUT2D eigenvalue weighted by molar-refractivity contribution is 5.94. The Labute approximate surface area is 148 Å². The van der Waals surface area contributed by atoms with E-state index in [1.54, 1.807) is 30.3 Å². The number of halogens is 2. The van der Waals surface area contributed by atoms with Gasteiger partial charge in [0.2, 0.25) is 0 Å². The zero-order chi connectivity index (χ0) is 18.1. The van der Waals surface area contributed by atoms with Gasteiger partial charge in [0.25, 0.3) is 5.91 Å². The number of fused-ring (bicyclic) bond motifs is 1. The molecular formula is C19H17F2NO4. The van der Waals surface area contributed by atoms with Crippen LogP contribution in [0.2, 0.25) is 0 Å². The van der Waals surface area contributed by atoms with E-state index in [2.05, 4.69) is 14.8 Å². The lowest BCUT2D eigenvalue weighted by Gasteiger charge is -2.10. The molecule has 0 aromatic heterocycles. The van der Waals surface area contributed by atoms with Crippen LogP contribution in [0.25, 0.3) is 11.1 Å². The minimum atomic E-state index is -3.63. The van der Waals surface area contributed by atoms with E-state index in [1.165, 1.54) is 12.1 Å². The fourth-order valence-corrected chi connectivity index (χ4v) is 3.03. The molecule has 2 aromatic carbocycles. The Balaban J connectivity index is 1.44. The van der Waals surface area contributed by atoms with Crippen molar-refractivity contribution in [1.29, 1.82) is 0 Å².